The first-order chi connectivity index (χ1) is 4.52. The molecule has 0 aliphatic carbocycles. The summed E-state index contributed by atoms with van der Waals surface area (Å²) in [5, 5.41) is 0. The summed E-state index contributed by atoms with van der Waals surface area (Å²) in [5.74, 6) is 0. The standard InChI is InChI=1S/C10H20/c1-6-9(3)8-10(4,5)7-2/h6H,7-8H2,1-5H3/b9-6+. The molecule has 0 aromatic carbocycles. The van der Waals surface area contributed by atoms with Crippen LogP contribution in [-0.4, -0.2) is 0 Å². The molecule has 0 atom stereocenters. The highest BCUT2D eigenvalue weighted by atomic mass is 14.2. The Hall–Kier alpha value is -0.260. The lowest BCUT2D eigenvalue weighted by Gasteiger charge is -2.22. The number of hydrogen-bond acceptors (Lipinski definition) is 0. The van der Waals surface area contributed by atoms with Crippen molar-refractivity contribution >= 4 is 0 Å². The smallest absolute Gasteiger partial charge is 0.0272 e. The summed E-state index contributed by atoms with van der Waals surface area (Å²) in [4.78, 5) is 0. The largest absolute Gasteiger partial charge is 0.0887 e. The molecule has 0 spiro atoms. The van der Waals surface area contributed by atoms with Crippen LogP contribution in [0.4, 0.5) is 0 Å². The van der Waals surface area contributed by atoms with Crippen LogP contribution in [0.15, 0.2) is 11.6 Å². The highest BCUT2D eigenvalue weighted by molar-refractivity contribution is 4.98. The monoisotopic (exact) mass is 140 g/mol. The summed E-state index contributed by atoms with van der Waals surface area (Å²) in [6, 6.07) is 0. The quantitative estimate of drug-likeness (QED) is 0.523. The third-order valence-corrected chi connectivity index (χ3v) is 2.21. The fourth-order valence-corrected chi connectivity index (χ4v) is 0.982. The molecule has 0 fully saturated rings. The number of allylic oxidation sites excluding steroid dienone is 2. The predicted octanol–water partition coefficient (Wildman–Crippen LogP) is 3.78. The summed E-state index contributed by atoms with van der Waals surface area (Å²) in [5.41, 5.74) is 2.00. The highest BCUT2D eigenvalue weighted by Crippen LogP contribution is 2.27. The minimum atomic E-state index is 0.497. The summed E-state index contributed by atoms with van der Waals surface area (Å²) in [6.45, 7) is 11.2. The van der Waals surface area contributed by atoms with Crippen molar-refractivity contribution in [3.8, 4) is 0 Å². The normalized spacial score (nSPS) is 13.9. The van der Waals surface area contributed by atoms with Crippen LogP contribution in [0.25, 0.3) is 0 Å². The molecule has 0 heteroatoms. The van der Waals surface area contributed by atoms with Crippen LogP contribution in [-0.2, 0) is 0 Å². The zero-order valence-corrected chi connectivity index (χ0v) is 7.99. The molecule has 0 radical (unpaired) electrons. The molecule has 0 saturated carbocycles. The minimum Gasteiger partial charge on any atom is -0.0887 e. The van der Waals surface area contributed by atoms with E-state index in [-0.39, 0.29) is 0 Å². The van der Waals surface area contributed by atoms with Crippen molar-refractivity contribution in [3.05, 3.63) is 11.6 Å². The summed E-state index contributed by atoms with van der Waals surface area (Å²) >= 11 is 0. The van der Waals surface area contributed by atoms with E-state index in [0.717, 1.165) is 0 Å². The second-order valence-corrected chi connectivity index (χ2v) is 3.83. The first-order valence-corrected chi connectivity index (χ1v) is 4.13. The van der Waals surface area contributed by atoms with Crippen LogP contribution >= 0.6 is 0 Å². The van der Waals surface area contributed by atoms with Gasteiger partial charge in [0, 0.05) is 0 Å². The van der Waals surface area contributed by atoms with Gasteiger partial charge in [0.15, 0.2) is 0 Å². The summed E-state index contributed by atoms with van der Waals surface area (Å²) in [7, 11) is 0. The van der Waals surface area contributed by atoms with E-state index in [1.54, 1.807) is 0 Å². The molecule has 0 rings (SSSR count). The van der Waals surface area contributed by atoms with Crippen LogP contribution in [0.3, 0.4) is 0 Å². The molecule has 0 saturated heterocycles. The molecular weight excluding hydrogens is 120 g/mol. The van der Waals surface area contributed by atoms with Gasteiger partial charge < -0.3 is 0 Å². The van der Waals surface area contributed by atoms with Crippen LogP contribution < -0.4 is 0 Å². The summed E-state index contributed by atoms with van der Waals surface area (Å²) in [6.07, 6.45) is 4.70. The van der Waals surface area contributed by atoms with Gasteiger partial charge in [0.25, 0.3) is 0 Å². The fourth-order valence-electron chi connectivity index (χ4n) is 0.982. The lowest BCUT2D eigenvalue weighted by Crippen LogP contribution is -2.09. The Morgan fingerprint density at radius 1 is 1.40 bits per heavy atom. The maximum absolute atomic E-state index is 2.32. The molecule has 0 aromatic rings. The van der Waals surface area contributed by atoms with E-state index in [4.69, 9.17) is 0 Å². The van der Waals surface area contributed by atoms with Crippen LogP contribution in [0.5, 0.6) is 0 Å². The second-order valence-electron chi connectivity index (χ2n) is 3.83. The van der Waals surface area contributed by atoms with Gasteiger partial charge in [-0.25, -0.2) is 0 Å². The van der Waals surface area contributed by atoms with Gasteiger partial charge in [-0.1, -0.05) is 38.8 Å². The van der Waals surface area contributed by atoms with E-state index in [9.17, 15) is 0 Å². The zero-order chi connectivity index (χ0) is 8.20. The van der Waals surface area contributed by atoms with Gasteiger partial charge in [0.1, 0.15) is 0 Å². The lowest BCUT2D eigenvalue weighted by molar-refractivity contribution is 0.348. The van der Waals surface area contributed by atoms with Crippen molar-refractivity contribution in [2.45, 2.75) is 47.5 Å². The van der Waals surface area contributed by atoms with Crippen molar-refractivity contribution in [1.29, 1.82) is 0 Å². The van der Waals surface area contributed by atoms with E-state index < -0.39 is 0 Å². The van der Waals surface area contributed by atoms with Gasteiger partial charge in [0.2, 0.25) is 0 Å². The van der Waals surface area contributed by atoms with Crippen molar-refractivity contribution in [2.24, 2.45) is 5.41 Å². The van der Waals surface area contributed by atoms with E-state index in [1.165, 1.54) is 18.4 Å². The second kappa shape index (κ2) is 3.80. The molecule has 60 valence electrons. The maximum Gasteiger partial charge on any atom is -0.0272 e. The molecule has 0 heterocycles. The van der Waals surface area contributed by atoms with Crippen molar-refractivity contribution in [3.63, 3.8) is 0 Å². The fraction of sp³-hybridized carbons (Fsp3) is 0.800. The Bertz CT molecular complexity index is 118. The first-order valence-electron chi connectivity index (χ1n) is 4.13. The topological polar surface area (TPSA) is 0 Å². The Morgan fingerprint density at radius 2 is 1.90 bits per heavy atom. The van der Waals surface area contributed by atoms with Gasteiger partial charge >= 0.3 is 0 Å². The Balaban J connectivity index is 3.88. The highest BCUT2D eigenvalue weighted by Gasteiger charge is 2.14. The maximum atomic E-state index is 2.32. The minimum absolute atomic E-state index is 0.497. The molecule has 0 aromatic heterocycles. The van der Waals surface area contributed by atoms with E-state index >= 15 is 0 Å². The van der Waals surface area contributed by atoms with Crippen molar-refractivity contribution in [1.82, 2.24) is 0 Å². The predicted molar refractivity (Wildman–Crippen MR) is 48.1 cm³/mol. The van der Waals surface area contributed by atoms with E-state index in [1.807, 2.05) is 0 Å². The Kier molecular flexibility index (Phi) is 3.70. The Morgan fingerprint density at radius 3 is 2.20 bits per heavy atom. The van der Waals surface area contributed by atoms with Crippen molar-refractivity contribution < 1.29 is 0 Å². The molecule has 0 aliphatic rings. The van der Waals surface area contributed by atoms with Gasteiger partial charge in [-0.05, 0) is 25.7 Å². The molecular formula is C10H20. The van der Waals surface area contributed by atoms with Gasteiger partial charge in [-0.2, -0.15) is 0 Å². The van der Waals surface area contributed by atoms with Gasteiger partial charge in [-0.15, -0.1) is 0 Å². The van der Waals surface area contributed by atoms with Gasteiger partial charge in [0.05, 0.1) is 0 Å². The summed E-state index contributed by atoms with van der Waals surface area (Å²) < 4.78 is 0. The van der Waals surface area contributed by atoms with E-state index in [2.05, 4.69) is 40.7 Å². The molecule has 0 N–H and O–H groups in total. The molecule has 10 heavy (non-hydrogen) atoms. The average Bonchev–Trinajstić information content (AvgIpc) is 1.87. The third kappa shape index (κ3) is 3.71. The molecule has 0 unspecified atom stereocenters. The van der Waals surface area contributed by atoms with E-state index in [0.29, 0.717) is 5.41 Å². The zero-order valence-electron chi connectivity index (χ0n) is 7.99. The number of rotatable bonds is 3. The van der Waals surface area contributed by atoms with Crippen LogP contribution in [0.1, 0.15) is 47.5 Å². The number of hydrogen-bond donors (Lipinski definition) is 0. The average molecular weight is 140 g/mol. The first kappa shape index (κ1) is 9.74. The Labute approximate surface area is 65.3 Å². The lowest BCUT2D eigenvalue weighted by atomic mass is 9.83. The third-order valence-electron chi connectivity index (χ3n) is 2.21. The molecule has 0 bridgehead atoms. The van der Waals surface area contributed by atoms with Crippen LogP contribution in [0, 0.1) is 5.41 Å². The SMILES string of the molecule is C/C=C(\C)CC(C)(C)CC. The molecule has 0 aliphatic heterocycles. The molecule has 0 nitrogen and oxygen atoms in total. The van der Waals surface area contributed by atoms with Gasteiger partial charge in [-0.3, -0.25) is 0 Å². The van der Waals surface area contributed by atoms with Crippen molar-refractivity contribution in [2.75, 3.05) is 0 Å². The van der Waals surface area contributed by atoms with Crippen LogP contribution in [0.2, 0.25) is 0 Å². The molecule has 0 amide bonds.